The predicted molar refractivity (Wildman–Crippen MR) is 97.8 cm³/mol. The minimum absolute atomic E-state index is 0.0418. The molecule has 132 valence electrons. The molecule has 1 atom stereocenters. The minimum atomic E-state index is -0.311. The molecule has 0 spiro atoms. The fourth-order valence-corrected chi connectivity index (χ4v) is 3.59. The lowest BCUT2D eigenvalue weighted by molar-refractivity contribution is -0.133. The van der Waals surface area contributed by atoms with Gasteiger partial charge in [0.25, 0.3) is 0 Å². The molecule has 2 aromatic carbocycles. The van der Waals surface area contributed by atoms with Gasteiger partial charge in [0.2, 0.25) is 5.91 Å². The molecule has 0 bridgehead atoms. The van der Waals surface area contributed by atoms with Crippen LogP contribution in [0.3, 0.4) is 0 Å². The molecule has 0 aromatic heterocycles. The Morgan fingerprint density at radius 3 is 2.56 bits per heavy atom. The van der Waals surface area contributed by atoms with E-state index in [1.165, 1.54) is 0 Å². The summed E-state index contributed by atoms with van der Waals surface area (Å²) < 4.78 is 0. The second-order valence-corrected chi connectivity index (χ2v) is 6.89. The molecule has 1 heterocycles. The molecule has 5 heteroatoms. The highest BCUT2D eigenvalue weighted by atomic mass is 35.5. The molecule has 25 heavy (non-hydrogen) atoms. The number of rotatable bonds is 4. The number of likely N-dealkylation sites (tertiary alicyclic amines) is 1. The van der Waals surface area contributed by atoms with Gasteiger partial charge < -0.3 is 15.1 Å². The van der Waals surface area contributed by atoms with Crippen LogP contribution in [0.1, 0.15) is 36.3 Å². The van der Waals surface area contributed by atoms with E-state index in [0.717, 1.165) is 11.1 Å². The summed E-state index contributed by atoms with van der Waals surface area (Å²) in [5, 5.41) is 20.1. The first-order valence-electron chi connectivity index (χ1n) is 8.54. The smallest absolute Gasteiger partial charge is 0.223 e. The average Bonchev–Trinajstić information content (AvgIpc) is 2.61. The Morgan fingerprint density at radius 2 is 1.88 bits per heavy atom. The number of aliphatic hydroxyl groups is 1. The number of carbonyl (C=O) groups is 1. The monoisotopic (exact) mass is 359 g/mol. The largest absolute Gasteiger partial charge is 0.508 e. The van der Waals surface area contributed by atoms with Crippen molar-refractivity contribution < 1.29 is 15.0 Å². The Bertz CT molecular complexity index is 741. The molecule has 0 aliphatic carbocycles. The van der Waals surface area contributed by atoms with Gasteiger partial charge in [-0.05, 0) is 42.2 Å². The SMILES string of the molecule is O=C(C[C@H](c1cccc(O)c1)c1ccccc1Cl)N1CCC(O)CC1. The van der Waals surface area contributed by atoms with Gasteiger partial charge in [0.05, 0.1) is 6.10 Å². The van der Waals surface area contributed by atoms with Crippen LogP contribution < -0.4 is 0 Å². The first-order valence-corrected chi connectivity index (χ1v) is 8.91. The standard InChI is InChI=1S/C20H22ClNO3/c21-19-7-2-1-6-17(19)18(14-4-3-5-16(24)12-14)13-20(25)22-10-8-15(23)9-11-22/h1-7,12,15,18,23-24H,8-11,13H2/t18-/m1/s1. The van der Waals surface area contributed by atoms with Gasteiger partial charge in [0.1, 0.15) is 5.75 Å². The molecule has 3 rings (SSSR count). The number of halogens is 1. The molecular formula is C20H22ClNO3. The van der Waals surface area contributed by atoms with Crippen molar-refractivity contribution in [2.24, 2.45) is 0 Å². The van der Waals surface area contributed by atoms with Gasteiger partial charge in [-0.1, -0.05) is 41.9 Å². The van der Waals surface area contributed by atoms with Crippen LogP contribution in [0, 0.1) is 0 Å². The summed E-state index contributed by atoms with van der Waals surface area (Å²) in [6, 6.07) is 14.5. The van der Waals surface area contributed by atoms with Crippen LogP contribution in [0.25, 0.3) is 0 Å². The summed E-state index contributed by atoms with van der Waals surface area (Å²) in [5.74, 6) is -0.0107. The van der Waals surface area contributed by atoms with Crippen molar-refractivity contribution >= 4 is 17.5 Å². The van der Waals surface area contributed by atoms with Crippen molar-refractivity contribution in [3.05, 3.63) is 64.7 Å². The zero-order valence-electron chi connectivity index (χ0n) is 13.9. The number of piperidine rings is 1. The highest BCUT2D eigenvalue weighted by Crippen LogP contribution is 2.34. The van der Waals surface area contributed by atoms with E-state index in [1.807, 2.05) is 30.3 Å². The summed E-state index contributed by atoms with van der Waals surface area (Å²) >= 11 is 6.38. The van der Waals surface area contributed by atoms with Crippen molar-refractivity contribution in [2.75, 3.05) is 13.1 Å². The van der Waals surface area contributed by atoms with Crippen LogP contribution in [0.2, 0.25) is 5.02 Å². The predicted octanol–water partition coefficient (Wildman–Crippen LogP) is 3.55. The number of nitrogens with zero attached hydrogens (tertiary/aromatic N) is 1. The highest BCUT2D eigenvalue weighted by Gasteiger charge is 2.26. The number of phenolic OH excluding ortho intramolecular Hbond substituents is 1. The fourth-order valence-electron chi connectivity index (χ4n) is 3.33. The molecule has 1 fully saturated rings. The van der Waals surface area contributed by atoms with E-state index < -0.39 is 0 Å². The maximum Gasteiger partial charge on any atom is 0.223 e. The number of carbonyl (C=O) groups excluding carboxylic acids is 1. The van der Waals surface area contributed by atoms with E-state index >= 15 is 0 Å². The Labute approximate surface area is 152 Å². The lowest BCUT2D eigenvalue weighted by Gasteiger charge is -2.31. The fraction of sp³-hybridized carbons (Fsp3) is 0.350. The van der Waals surface area contributed by atoms with Crippen LogP contribution in [-0.2, 0) is 4.79 Å². The third-order valence-corrected chi connectivity index (χ3v) is 5.09. The second kappa shape index (κ2) is 7.89. The quantitative estimate of drug-likeness (QED) is 0.877. The van der Waals surface area contributed by atoms with E-state index in [9.17, 15) is 15.0 Å². The molecular weight excluding hydrogens is 338 g/mol. The van der Waals surface area contributed by atoms with Gasteiger partial charge in [-0.15, -0.1) is 0 Å². The van der Waals surface area contributed by atoms with Gasteiger partial charge in [-0.2, -0.15) is 0 Å². The molecule has 4 nitrogen and oxygen atoms in total. The minimum Gasteiger partial charge on any atom is -0.508 e. The molecule has 1 aliphatic heterocycles. The van der Waals surface area contributed by atoms with E-state index in [-0.39, 0.29) is 30.1 Å². The van der Waals surface area contributed by atoms with Crippen molar-refractivity contribution in [1.82, 2.24) is 4.90 Å². The summed E-state index contributed by atoms with van der Waals surface area (Å²) in [6.45, 7) is 1.16. The van der Waals surface area contributed by atoms with E-state index in [0.29, 0.717) is 31.0 Å². The normalized spacial score (nSPS) is 16.6. The topological polar surface area (TPSA) is 60.8 Å². The van der Waals surface area contributed by atoms with Crippen LogP contribution in [-0.4, -0.2) is 40.2 Å². The number of amides is 1. The van der Waals surface area contributed by atoms with E-state index in [4.69, 9.17) is 11.6 Å². The Hall–Kier alpha value is -2.04. The van der Waals surface area contributed by atoms with Crippen LogP contribution >= 0.6 is 11.6 Å². The van der Waals surface area contributed by atoms with Crippen molar-refractivity contribution in [3.63, 3.8) is 0 Å². The lowest BCUT2D eigenvalue weighted by Crippen LogP contribution is -2.40. The maximum atomic E-state index is 12.8. The molecule has 2 aromatic rings. The van der Waals surface area contributed by atoms with Crippen molar-refractivity contribution in [3.8, 4) is 5.75 Å². The van der Waals surface area contributed by atoms with Crippen LogP contribution in [0.5, 0.6) is 5.75 Å². The number of benzene rings is 2. The lowest BCUT2D eigenvalue weighted by atomic mass is 9.87. The Kier molecular flexibility index (Phi) is 5.61. The maximum absolute atomic E-state index is 12.8. The zero-order chi connectivity index (χ0) is 17.8. The molecule has 1 amide bonds. The summed E-state index contributed by atoms with van der Waals surface area (Å²) in [4.78, 5) is 14.6. The van der Waals surface area contributed by atoms with Gasteiger partial charge in [0, 0.05) is 30.5 Å². The Morgan fingerprint density at radius 1 is 1.16 bits per heavy atom. The summed E-state index contributed by atoms with van der Waals surface area (Å²) in [5.41, 5.74) is 1.73. The van der Waals surface area contributed by atoms with Gasteiger partial charge in [-0.25, -0.2) is 0 Å². The summed E-state index contributed by atoms with van der Waals surface area (Å²) in [7, 11) is 0. The number of phenols is 1. The molecule has 1 saturated heterocycles. The first-order chi connectivity index (χ1) is 12.0. The van der Waals surface area contributed by atoms with Gasteiger partial charge in [0.15, 0.2) is 0 Å². The van der Waals surface area contributed by atoms with Gasteiger partial charge in [-0.3, -0.25) is 4.79 Å². The Balaban J connectivity index is 1.87. The highest BCUT2D eigenvalue weighted by molar-refractivity contribution is 6.31. The van der Waals surface area contributed by atoms with Gasteiger partial charge >= 0.3 is 0 Å². The number of hydrogen-bond acceptors (Lipinski definition) is 3. The molecule has 0 unspecified atom stereocenters. The van der Waals surface area contributed by atoms with Crippen LogP contribution in [0.4, 0.5) is 0 Å². The number of aliphatic hydroxyl groups excluding tert-OH is 1. The zero-order valence-corrected chi connectivity index (χ0v) is 14.7. The molecule has 0 radical (unpaired) electrons. The third-order valence-electron chi connectivity index (χ3n) is 4.75. The second-order valence-electron chi connectivity index (χ2n) is 6.49. The average molecular weight is 360 g/mol. The van der Waals surface area contributed by atoms with E-state index in [2.05, 4.69) is 0 Å². The first kappa shape index (κ1) is 17.8. The van der Waals surface area contributed by atoms with Crippen molar-refractivity contribution in [2.45, 2.75) is 31.3 Å². The number of aromatic hydroxyl groups is 1. The summed E-state index contributed by atoms with van der Waals surface area (Å²) in [6.07, 6.45) is 1.21. The molecule has 2 N–H and O–H groups in total. The van der Waals surface area contributed by atoms with Crippen molar-refractivity contribution in [1.29, 1.82) is 0 Å². The van der Waals surface area contributed by atoms with Crippen LogP contribution in [0.15, 0.2) is 48.5 Å². The van der Waals surface area contributed by atoms with E-state index in [1.54, 1.807) is 23.1 Å². The number of hydrogen-bond donors (Lipinski definition) is 2. The third kappa shape index (κ3) is 4.33. The molecule has 1 aliphatic rings. The molecule has 0 saturated carbocycles.